The molecule has 0 heterocycles. The Morgan fingerprint density at radius 3 is 2.69 bits per heavy atom. The van der Waals surface area contributed by atoms with Gasteiger partial charge in [0, 0.05) is 10.6 Å². The summed E-state index contributed by atoms with van der Waals surface area (Å²) in [6, 6.07) is 3.92. The molecule has 0 bridgehead atoms. The topological polar surface area (TPSA) is 35.2 Å². The quantitative estimate of drug-likeness (QED) is 0.877. The Morgan fingerprint density at radius 1 is 1.44 bits per heavy atom. The summed E-state index contributed by atoms with van der Waals surface area (Å²) in [7, 11) is 1.66. The van der Waals surface area contributed by atoms with Crippen molar-refractivity contribution in [3.05, 3.63) is 28.3 Å². The first kappa shape index (κ1) is 11.7. The van der Waals surface area contributed by atoms with Gasteiger partial charge in [0.05, 0.1) is 7.11 Å². The molecule has 16 heavy (non-hydrogen) atoms. The van der Waals surface area contributed by atoms with E-state index in [1.807, 2.05) is 13.0 Å². The van der Waals surface area contributed by atoms with Crippen LogP contribution in [0, 0.1) is 6.92 Å². The molecule has 0 spiro atoms. The molecule has 1 fully saturated rings. The zero-order valence-corrected chi connectivity index (χ0v) is 10.6. The number of aryl methyl sites for hydroxylation is 1. The summed E-state index contributed by atoms with van der Waals surface area (Å²) in [6.07, 6.45) is 4.34. The van der Waals surface area contributed by atoms with Crippen LogP contribution in [0.3, 0.4) is 0 Å². The first-order valence-corrected chi connectivity index (χ1v) is 6.04. The third-order valence-electron chi connectivity index (χ3n) is 3.45. The average Bonchev–Trinajstić information content (AvgIpc) is 2.99. The highest BCUT2D eigenvalue weighted by Crippen LogP contribution is 2.37. The Hall–Kier alpha value is -0.730. The second kappa shape index (κ2) is 4.27. The highest BCUT2D eigenvalue weighted by molar-refractivity contribution is 6.31. The van der Waals surface area contributed by atoms with Gasteiger partial charge in [-0.05, 0) is 55.9 Å². The van der Waals surface area contributed by atoms with Crippen molar-refractivity contribution in [2.24, 2.45) is 5.73 Å². The average molecular weight is 240 g/mol. The van der Waals surface area contributed by atoms with E-state index in [1.54, 1.807) is 7.11 Å². The Labute approximate surface area is 102 Å². The lowest BCUT2D eigenvalue weighted by Gasteiger charge is -2.13. The third-order valence-corrected chi connectivity index (χ3v) is 3.84. The maximum absolute atomic E-state index is 6.15. The smallest absolute Gasteiger partial charge is 0.120 e. The zero-order chi connectivity index (χ0) is 11.8. The van der Waals surface area contributed by atoms with Crippen LogP contribution in [-0.4, -0.2) is 12.6 Å². The molecule has 0 saturated heterocycles. The molecule has 0 amide bonds. The molecule has 0 radical (unpaired) electrons. The summed E-state index contributed by atoms with van der Waals surface area (Å²) in [5.74, 6) is 0.826. The summed E-state index contributed by atoms with van der Waals surface area (Å²) in [4.78, 5) is 0. The molecule has 88 valence electrons. The molecule has 0 unspecified atom stereocenters. The van der Waals surface area contributed by atoms with E-state index < -0.39 is 0 Å². The maximum Gasteiger partial charge on any atom is 0.120 e. The monoisotopic (exact) mass is 239 g/mol. The molecule has 2 rings (SSSR count). The van der Waals surface area contributed by atoms with Crippen LogP contribution >= 0.6 is 11.6 Å². The number of hydrogen-bond acceptors (Lipinski definition) is 2. The second-order valence-corrected chi connectivity index (χ2v) is 5.16. The van der Waals surface area contributed by atoms with Crippen molar-refractivity contribution in [2.45, 2.75) is 38.1 Å². The molecular weight excluding hydrogens is 222 g/mol. The number of methoxy groups -OCH3 is 1. The van der Waals surface area contributed by atoms with Gasteiger partial charge in [-0.1, -0.05) is 11.6 Å². The minimum atomic E-state index is 0.0992. The van der Waals surface area contributed by atoms with E-state index in [0.717, 1.165) is 42.0 Å². The molecule has 0 atom stereocenters. The van der Waals surface area contributed by atoms with Crippen molar-refractivity contribution in [3.63, 3.8) is 0 Å². The lowest BCUT2D eigenvalue weighted by molar-refractivity contribution is 0.414. The van der Waals surface area contributed by atoms with E-state index in [-0.39, 0.29) is 5.54 Å². The fourth-order valence-corrected chi connectivity index (χ4v) is 2.11. The van der Waals surface area contributed by atoms with Crippen molar-refractivity contribution >= 4 is 11.6 Å². The van der Waals surface area contributed by atoms with Crippen molar-refractivity contribution in [1.29, 1.82) is 0 Å². The molecule has 3 heteroatoms. The Balaban J connectivity index is 2.15. The molecule has 2 N–H and O–H groups in total. The van der Waals surface area contributed by atoms with Gasteiger partial charge in [-0.15, -0.1) is 0 Å². The Morgan fingerprint density at radius 2 is 2.12 bits per heavy atom. The second-order valence-electron chi connectivity index (χ2n) is 4.76. The zero-order valence-electron chi connectivity index (χ0n) is 9.85. The predicted molar refractivity (Wildman–Crippen MR) is 67.2 cm³/mol. The van der Waals surface area contributed by atoms with E-state index in [1.165, 1.54) is 5.56 Å². The fourth-order valence-electron chi connectivity index (χ4n) is 1.88. The van der Waals surface area contributed by atoms with Crippen LogP contribution in [-0.2, 0) is 6.42 Å². The predicted octanol–water partition coefficient (Wildman–Crippen LogP) is 3.08. The molecule has 1 aromatic carbocycles. The van der Waals surface area contributed by atoms with Crippen LogP contribution in [0.15, 0.2) is 12.1 Å². The SMILES string of the molecule is COc1cc(Cl)c(C)c(CCC2(N)CC2)c1. The van der Waals surface area contributed by atoms with Crippen molar-refractivity contribution in [1.82, 2.24) is 0 Å². The van der Waals surface area contributed by atoms with Crippen LogP contribution < -0.4 is 10.5 Å². The lowest BCUT2D eigenvalue weighted by atomic mass is 10.00. The van der Waals surface area contributed by atoms with Crippen LogP contribution in [0.5, 0.6) is 5.75 Å². The van der Waals surface area contributed by atoms with Gasteiger partial charge in [-0.25, -0.2) is 0 Å². The normalized spacial score (nSPS) is 17.2. The van der Waals surface area contributed by atoms with Gasteiger partial charge in [0.2, 0.25) is 0 Å². The van der Waals surface area contributed by atoms with Crippen molar-refractivity contribution < 1.29 is 4.74 Å². The minimum Gasteiger partial charge on any atom is -0.497 e. The highest BCUT2D eigenvalue weighted by Gasteiger charge is 2.37. The van der Waals surface area contributed by atoms with Crippen molar-refractivity contribution in [3.8, 4) is 5.75 Å². The highest BCUT2D eigenvalue weighted by atomic mass is 35.5. The fraction of sp³-hybridized carbons (Fsp3) is 0.538. The third kappa shape index (κ3) is 2.50. The maximum atomic E-state index is 6.15. The van der Waals surface area contributed by atoms with E-state index in [0.29, 0.717) is 0 Å². The van der Waals surface area contributed by atoms with Crippen molar-refractivity contribution in [2.75, 3.05) is 7.11 Å². The van der Waals surface area contributed by atoms with E-state index >= 15 is 0 Å². The largest absolute Gasteiger partial charge is 0.497 e. The van der Waals surface area contributed by atoms with Crippen LogP contribution in [0.25, 0.3) is 0 Å². The standard InChI is InChI=1S/C13H18ClNO/c1-9-10(3-4-13(15)5-6-13)7-11(16-2)8-12(9)14/h7-8H,3-6,15H2,1-2H3. The van der Waals surface area contributed by atoms with Gasteiger partial charge in [0.15, 0.2) is 0 Å². The van der Waals surface area contributed by atoms with Gasteiger partial charge in [-0.2, -0.15) is 0 Å². The number of halogens is 1. The molecule has 0 aromatic heterocycles. The number of ether oxygens (including phenoxy) is 1. The van der Waals surface area contributed by atoms with E-state index in [2.05, 4.69) is 6.07 Å². The number of benzene rings is 1. The van der Waals surface area contributed by atoms with Gasteiger partial charge in [-0.3, -0.25) is 0 Å². The molecule has 0 aliphatic heterocycles. The summed E-state index contributed by atoms with van der Waals surface area (Å²) in [5, 5.41) is 0.774. The first-order valence-electron chi connectivity index (χ1n) is 5.66. The molecule has 1 aliphatic carbocycles. The van der Waals surface area contributed by atoms with E-state index in [9.17, 15) is 0 Å². The Bertz CT molecular complexity index is 399. The Kier molecular flexibility index (Phi) is 3.13. The summed E-state index contributed by atoms with van der Waals surface area (Å²) >= 11 is 6.15. The summed E-state index contributed by atoms with van der Waals surface area (Å²) in [6.45, 7) is 2.05. The van der Waals surface area contributed by atoms with Gasteiger partial charge >= 0.3 is 0 Å². The van der Waals surface area contributed by atoms with Gasteiger partial charge < -0.3 is 10.5 Å². The van der Waals surface area contributed by atoms with E-state index in [4.69, 9.17) is 22.1 Å². The number of rotatable bonds is 4. The minimum absolute atomic E-state index is 0.0992. The lowest BCUT2D eigenvalue weighted by Crippen LogP contribution is -2.22. The van der Waals surface area contributed by atoms with Crippen LogP contribution in [0.4, 0.5) is 0 Å². The molecule has 2 nitrogen and oxygen atoms in total. The molecule has 1 aliphatic rings. The van der Waals surface area contributed by atoms with Crippen LogP contribution in [0.1, 0.15) is 30.4 Å². The molecule has 1 aromatic rings. The number of hydrogen-bond donors (Lipinski definition) is 1. The number of nitrogens with two attached hydrogens (primary N) is 1. The van der Waals surface area contributed by atoms with Gasteiger partial charge in [0.1, 0.15) is 5.75 Å². The van der Waals surface area contributed by atoms with Crippen LogP contribution in [0.2, 0.25) is 5.02 Å². The first-order chi connectivity index (χ1) is 7.54. The van der Waals surface area contributed by atoms with Gasteiger partial charge in [0.25, 0.3) is 0 Å². The summed E-state index contributed by atoms with van der Waals surface area (Å²) < 4.78 is 5.22. The summed E-state index contributed by atoms with van der Waals surface area (Å²) in [5.41, 5.74) is 8.58. The molecular formula is C13H18ClNO. The molecule has 1 saturated carbocycles.